The second kappa shape index (κ2) is 11.4. The van der Waals surface area contributed by atoms with E-state index in [1.54, 1.807) is 15.9 Å². The van der Waals surface area contributed by atoms with Crippen LogP contribution in [0.4, 0.5) is 39.1 Å². The van der Waals surface area contributed by atoms with Crippen LogP contribution in [0.3, 0.4) is 0 Å². The number of likely N-dealkylation sites (N-methyl/N-ethyl adjacent to an activating group) is 1. The van der Waals surface area contributed by atoms with Crippen molar-refractivity contribution in [2.45, 2.75) is 19.1 Å². The molecule has 1 amide bonds. The lowest BCUT2D eigenvalue weighted by Crippen LogP contribution is -2.50. The van der Waals surface area contributed by atoms with Crippen molar-refractivity contribution in [2.75, 3.05) is 54.9 Å². The van der Waals surface area contributed by atoms with Crippen LogP contribution in [0.1, 0.15) is 34.2 Å². The van der Waals surface area contributed by atoms with E-state index in [4.69, 9.17) is 5.26 Å². The van der Waals surface area contributed by atoms with Gasteiger partial charge in [-0.2, -0.15) is 18.4 Å². The number of hydrogen-bond acceptors (Lipinski definition) is 8. The maximum Gasteiger partial charge on any atom is 0.417 e. The van der Waals surface area contributed by atoms with Gasteiger partial charge in [-0.05, 0) is 25.6 Å². The molecule has 10 nitrogen and oxygen atoms in total. The summed E-state index contributed by atoms with van der Waals surface area (Å²) in [7, 11) is 1.89. The van der Waals surface area contributed by atoms with Gasteiger partial charge in [0.15, 0.2) is 5.82 Å². The average molecular weight is 601 g/mol. The molecule has 2 aromatic heterocycles. The first-order valence-electron chi connectivity index (χ1n) is 13.1. The van der Waals surface area contributed by atoms with Crippen LogP contribution in [0.15, 0.2) is 41.5 Å². The van der Waals surface area contributed by atoms with Gasteiger partial charge in [0.05, 0.1) is 22.4 Å². The summed E-state index contributed by atoms with van der Waals surface area (Å²) >= 11 is 0. The molecular weight excluding hydrogens is 575 g/mol. The summed E-state index contributed by atoms with van der Waals surface area (Å²) < 4.78 is 73.2. The van der Waals surface area contributed by atoms with E-state index in [0.717, 1.165) is 6.07 Å². The third-order valence-electron chi connectivity index (χ3n) is 7.52. The highest BCUT2D eigenvalue weighted by Gasteiger charge is 2.37. The van der Waals surface area contributed by atoms with Crippen molar-refractivity contribution in [3.8, 4) is 6.07 Å². The fraction of sp³-hybridized carbons (Fsp3) is 0.321. The molecule has 2 aliphatic rings. The molecule has 2 N–H and O–H groups in total. The Balaban J connectivity index is 1.56. The number of nitrogens with one attached hydrogen (secondary N) is 2. The molecule has 15 heteroatoms. The molecule has 224 valence electrons. The van der Waals surface area contributed by atoms with Crippen LogP contribution in [0, 0.1) is 23.0 Å². The third kappa shape index (κ3) is 5.91. The predicted molar refractivity (Wildman–Crippen MR) is 148 cm³/mol. The minimum Gasteiger partial charge on any atom is -0.367 e. The molecule has 1 unspecified atom stereocenters. The largest absolute Gasteiger partial charge is 0.417 e. The van der Waals surface area contributed by atoms with Gasteiger partial charge in [0.1, 0.15) is 23.4 Å². The smallest absolute Gasteiger partial charge is 0.367 e. The van der Waals surface area contributed by atoms with E-state index in [-0.39, 0.29) is 42.3 Å². The Hall–Kier alpha value is -4.84. The quantitative estimate of drug-likeness (QED) is 0.426. The van der Waals surface area contributed by atoms with Crippen LogP contribution in [-0.4, -0.2) is 71.6 Å². The zero-order chi connectivity index (χ0) is 31.1. The Kier molecular flexibility index (Phi) is 7.89. The monoisotopic (exact) mass is 600 g/mol. The van der Waals surface area contributed by atoms with Gasteiger partial charge in [-0.25, -0.2) is 18.7 Å². The number of carbonyl (C=O) groups excluding carboxylic acids is 1. The molecule has 0 aliphatic carbocycles. The summed E-state index contributed by atoms with van der Waals surface area (Å²) in [5.74, 6) is -3.16. The number of halogens is 5. The number of benzene rings is 1. The Labute approximate surface area is 242 Å². The topological polar surface area (TPSA) is 121 Å². The molecule has 1 aromatic carbocycles. The molecule has 0 spiro atoms. The first-order chi connectivity index (χ1) is 20.4. The van der Waals surface area contributed by atoms with Gasteiger partial charge in [0.25, 0.3) is 5.91 Å². The van der Waals surface area contributed by atoms with Gasteiger partial charge in [-0.3, -0.25) is 9.59 Å². The zero-order valence-electron chi connectivity index (χ0n) is 23.0. The molecule has 0 saturated carbocycles. The summed E-state index contributed by atoms with van der Waals surface area (Å²) in [4.78, 5) is 40.1. The number of amides is 1. The minimum absolute atomic E-state index is 0.00780. The van der Waals surface area contributed by atoms with E-state index in [2.05, 4.69) is 15.3 Å². The van der Waals surface area contributed by atoms with Gasteiger partial charge < -0.3 is 25.0 Å². The molecule has 1 atom stereocenters. The summed E-state index contributed by atoms with van der Waals surface area (Å²) in [6.07, 6.45) is -1.50. The van der Waals surface area contributed by atoms with Crippen molar-refractivity contribution >= 4 is 28.7 Å². The number of H-pyrrole nitrogens is 1. The van der Waals surface area contributed by atoms with Crippen LogP contribution >= 0.6 is 0 Å². The number of nitrogens with zero attached hydrogens (tertiary/aromatic N) is 6. The number of aromatic nitrogens is 3. The number of anilines is 3. The molecule has 0 radical (unpaired) electrons. The van der Waals surface area contributed by atoms with Crippen LogP contribution in [0.5, 0.6) is 0 Å². The van der Waals surface area contributed by atoms with E-state index in [1.165, 1.54) is 12.3 Å². The highest BCUT2D eigenvalue weighted by atomic mass is 19.4. The number of carbonyl (C=O) groups is 1. The summed E-state index contributed by atoms with van der Waals surface area (Å²) in [5, 5.41) is 11.3. The van der Waals surface area contributed by atoms with E-state index >= 15 is 8.78 Å². The second-order valence-corrected chi connectivity index (χ2v) is 10.3. The van der Waals surface area contributed by atoms with Crippen LogP contribution in [0.25, 0.3) is 5.57 Å². The fourth-order valence-electron chi connectivity index (χ4n) is 5.10. The Morgan fingerprint density at radius 3 is 2.67 bits per heavy atom. The molecule has 43 heavy (non-hydrogen) atoms. The fourth-order valence-corrected chi connectivity index (χ4v) is 5.10. The lowest BCUT2D eigenvalue weighted by Gasteiger charge is -2.40. The number of hydrogen-bond donors (Lipinski definition) is 2. The van der Waals surface area contributed by atoms with Gasteiger partial charge >= 0.3 is 6.18 Å². The van der Waals surface area contributed by atoms with Crippen molar-refractivity contribution in [1.29, 1.82) is 5.26 Å². The number of pyridine rings is 1. The van der Waals surface area contributed by atoms with Crippen molar-refractivity contribution in [1.82, 2.24) is 19.9 Å². The molecule has 2 aliphatic heterocycles. The van der Waals surface area contributed by atoms with E-state index < -0.39 is 51.7 Å². The van der Waals surface area contributed by atoms with Gasteiger partial charge in [-0.15, -0.1) is 0 Å². The lowest BCUT2D eigenvalue weighted by molar-refractivity contribution is -0.138. The van der Waals surface area contributed by atoms with Gasteiger partial charge in [0.2, 0.25) is 11.4 Å². The number of aromatic amines is 1. The number of rotatable bonds is 5. The van der Waals surface area contributed by atoms with E-state index in [1.807, 2.05) is 29.9 Å². The molecule has 4 heterocycles. The summed E-state index contributed by atoms with van der Waals surface area (Å²) in [6.45, 7) is 3.29. The van der Waals surface area contributed by atoms with Gasteiger partial charge in [-0.1, -0.05) is 6.08 Å². The summed E-state index contributed by atoms with van der Waals surface area (Å²) in [6, 6.07) is 4.64. The minimum atomic E-state index is -5.05. The highest BCUT2D eigenvalue weighted by molar-refractivity contribution is 6.07. The zero-order valence-corrected chi connectivity index (χ0v) is 23.0. The van der Waals surface area contributed by atoms with Crippen molar-refractivity contribution in [3.05, 3.63) is 81.2 Å². The summed E-state index contributed by atoms with van der Waals surface area (Å²) in [5.41, 5.74) is -4.28. The number of piperazine rings is 1. The maximum atomic E-state index is 16.4. The third-order valence-corrected chi connectivity index (χ3v) is 7.52. The molecule has 5 rings (SSSR count). The van der Waals surface area contributed by atoms with Crippen molar-refractivity contribution in [2.24, 2.45) is 0 Å². The van der Waals surface area contributed by atoms with Crippen LogP contribution < -0.4 is 20.7 Å². The normalized spacial score (nSPS) is 17.5. The standard InChI is InChI=1S/C28H25F5N8O2/c1-15-13-40(8-7-39(15)2)20-10-19(29)24(16-4-6-41(14-16)22-3-5-35-21(11-34)37-22)25(30)26(20)38-27(43)17-12-36-23(42)9-18(17)28(31,32)33/h3-5,9-10,12,15H,6-8,13-14H2,1-2H3,(H,36,42)(H,38,43). The Bertz CT molecular complexity index is 1710. The second-order valence-electron chi connectivity index (χ2n) is 10.3. The molecule has 3 aromatic rings. The Morgan fingerprint density at radius 1 is 1.21 bits per heavy atom. The average Bonchev–Trinajstić information content (AvgIpc) is 3.45. The SMILES string of the molecule is CC1CN(c2cc(F)c(C3=CCN(c4ccnc(C#N)n4)C3)c(F)c2NC(=O)c2c[nH]c(=O)cc2C(F)(F)F)CCN1C. The van der Waals surface area contributed by atoms with Crippen LogP contribution in [-0.2, 0) is 6.18 Å². The van der Waals surface area contributed by atoms with Crippen molar-refractivity contribution < 1.29 is 26.7 Å². The lowest BCUT2D eigenvalue weighted by atomic mass is 10.0. The highest BCUT2D eigenvalue weighted by Crippen LogP contribution is 2.39. The first kappa shape index (κ1) is 29.6. The maximum absolute atomic E-state index is 16.4. The molecular formula is C28H25F5N8O2. The molecule has 1 saturated heterocycles. The molecule has 0 bridgehead atoms. The number of alkyl halides is 3. The van der Waals surface area contributed by atoms with Crippen molar-refractivity contribution in [3.63, 3.8) is 0 Å². The number of nitriles is 1. The van der Waals surface area contributed by atoms with E-state index in [9.17, 15) is 22.8 Å². The first-order valence-corrected chi connectivity index (χ1v) is 13.1. The van der Waals surface area contributed by atoms with Gasteiger partial charge in [0, 0.05) is 63.3 Å². The van der Waals surface area contributed by atoms with E-state index in [0.29, 0.717) is 31.6 Å². The molecule has 1 fully saturated rings. The Morgan fingerprint density at radius 2 is 1.98 bits per heavy atom. The predicted octanol–water partition coefficient (Wildman–Crippen LogP) is 3.63. The van der Waals surface area contributed by atoms with Crippen LogP contribution in [0.2, 0.25) is 0 Å².